The van der Waals surface area contributed by atoms with Gasteiger partial charge in [-0.05, 0) is 30.9 Å². The van der Waals surface area contributed by atoms with Crippen LogP contribution in [-0.2, 0) is 6.42 Å². The summed E-state index contributed by atoms with van der Waals surface area (Å²) in [7, 11) is 1.64. The molecule has 1 aromatic carbocycles. The maximum absolute atomic E-state index is 11.7. The Morgan fingerprint density at radius 2 is 2.00 bits per heavy atom. The topological polar surface area (TPSA) is 70.6 Å². The number of rotatable bonds is 6. The molecule has 0 aromatic heterocycles. The van der Waals surface area contributed by atoms with E-state index in [2.05, 4.69) is 10.6 Å². The lowest BCUT2D eigenvalue weighted by atomic mass is 10.0. The van der Waals surface area contributed by atoms with E-state index in [4.69, 9.17) is 4.74 Å². The number of carbonyl (C=O) groups excluding carboxylic acids is 1. The second-order valence-electron chi connectivity index (χ2n) is 5.60. The minimum atomic E-state index is -0.708. The summed E-state index contributed by atoms with van der Waals surface area (Å²) in [6, 6.07) is 7.54. The van der Waals surface area contributed by atoms with Crippen molar-refractivity contribution < 1.29 is 14.6 Å². The Bertz CT molecular complexity index is 470. The summed E-state index contributed by atoms with van der Waals surface area (Å²) in [6.07, 6.45) is 4.33. The zero-order chi connectivity index (χ0) is 15.1. The molecule has 1 fully saturated rings. The average molecular weight is 292 g/mol. The molecule has 5 heteroatoms. The normalized spacial score (nSPS) is 16.5. The van der Waals surface area contributed by atoms with Crippen molar-refractivity contribution in [2.75, 3.05) is 20.2 Å². The number of methoxy groups -OCH3 is 1. The Morgan fingerprint density at radius 3 is 2.71 bits per heavy atom. The maximum Gasteiger partial charge on any atom is 0.314 e. The molecule has 116 valence electrons. The Labute approximate surface area is 125 Å². The van der Waals surface area contributed by atoms with Gasteiger partial charge in [-0.2, -0.15) is 0 Å². The number of carbonyl (C=O) groups is 1. The van der Waals surface area contributed by atoms with Gasteiger partial charge in [0.05, 0.1) is 12.7 Å². The maximum atomic E-state index is 11.7. The summed E-state index contributed by atoms with van der Waals surface area (Å²) < 4.78 is 5.27. The molecule has 5 nitrogen and oxygen atoms in total. The van der Waals surface area contributed by atoms with Crippen LogP contribution in [0.2, 0.25) is 0 Å². The fourth-order valence-corrected chi connectivity index (χ4v) is 2.74. The second kappa shape index (κ2) is 7.31. The molecular formula is C16H24N2O3. The van der Waals surface area contributed by atoms with Crippen molar-refractivity contribution in [3.8, 4) is 5.75 Å². The van der Waals surface area contributed by atoms with E-state index >= 15 is 0 Å². The van der Waals surface area contributed by atoms with Crippen LogP contribution in [-0.4, -0.2) is 36.9 Å². The zero-order valence-electron chi connectivity index (χ0n) is 12.5. The molecular weight excluding hydrogens is 268 g/mol. The fourth-order valence-electron chi connectivity index (χ4n) is 2.74. The predicted molar refractivity (Wildman–Crippen MR) is 81.5 cm³/mol. The van der Waals surface area contributed by atoms with Crippen molar-refractivity contribution in [3.63, 3.8) is 0 Å². The lowest BCUT2D eigenvalue weighted by Crippen LogP contribution is -2.45. The van der Waals surface area contributed by atoms with Crippen molar-refractivity contribution in [2.24, 2.45) is 0 Å². The van der Waals surface area contributed by atoms with E-state index in [9.17, 15) is 9.90 Å². The van der Waals surface area contributed by atoms with Gasteiger partial charge in [0.25, 0.3) is 0 Å². The first-order chi connectivity index (χ1) is 10.1. The van der Waals surface area contributed by atoms with Crippen LogP contribution >= 0.6 is 0 Å². The lowest BCUT2D eigenvalue weighted by molar-refractivity contribution is 0.0501. The van der Waals surface area contributed by atoms with Crippen molar-refractivity contribution in [3.05, 3.63) is 29.8 Å². The fraction of sp³-hybridized carbons (Fsp3) is 0.562. The van der Waals surface area contributed by atoms with Gasteiger partial charge in [0.2, 0.25) is 0 Å². The standard InChI is InChI=1S/C16H24N2O3/c1-21-14-7-3-2-6-13(14)8-11-17-15(19)18-12-16(20)9-4-5-10-16/h2-3,6-7,20H,4-5,8-12H2,1H3,(H2,17,18,19). The number of para-hydroxylation sites is 1. The largest absolute Gasteiger partial charge is 0.496 e. The summed E-state index contributed by atoms with van der Waals surface area (Å²) in [5, 5.41) is 15.7. The van der Waals surface area contributed by atoms with Gasteiger partial charge in [-0.15, -0.1) is 0 Å². The SMILES string of the molecule is COc1ccccc1CCNC(=O)NCC1(O)CCCC1. The van der Waals surface area contributed by atoms with E-state index in [0.717, 1.165) is 37.0 Å². The number of hydrogen-bond donors (Lipinski definition) is 3. The van der Waals surface area contributed by atoms with Crippen LogP contribution in [0.25, 0.3) is 0 Å². The van der Waals surface area contributed by atoms with E-state index in [1.165, 1.54) is 0 Å². The molecule has 1 aliphatic rings. The van der Waals surface area contributed by atoms with Gasteiger partial charge in [0.15, 0.2) is 0 Å². The van der Waals surface area contributed by atoms with E-state index in [-0.39, 0.29) is 6.03 Å². The molecule has 0 heterocycles. The van der Waals surface area contributed by atoms with Gasteiger partial charge in [-0.25, -0.2) is 4.79 Å². The highest BCUT2D eigenvalue weighted by molar-refractivity contribution is 5.73. The highest BCUT2D eigenvalue weighted by Gasteiger charge is 2.31. The summed E-state index contributed by atoms with van der Waals surface area (Å²) >= 11 is 0. The van der Waals surface area contributed by atoms with Crippen molar-refractivity contribution in [1.29, 1.82) is 0 Å². The molecule has 1 aliphatic carbocycles. The lowest BCUT2D eigenvalue weighted by Gasteiger charge is -2.22. The van der Waals surface area contributed by atoms with Crippen LogP contribution in [0.4, 0.5) is 4.79 Å². The molecule has 3 N–H and O–H groups in total. The minimum absolute atomic E-state index is 0.231. The zero-order valence-corrected chi connectivity index (χ0v) is 12.5. The van der Waals surface area contributed by atoms with Crippen molar-refractivity contribution >= 4 is 6.03 Å². The molecule has 2 rings (SSSR count). The summed E-state index contributed by atoms with van der Waals surface area (Å²) in [5.41, 5.74) is 0.356. The van der Waals surface area contributed by atoms with Crippen LogP contribution in [0.15, 0.2) is 24.3 Å². The molecule has 2 amide bonds. The summed E-state index contributed by atoms with van der Waals surface area (Å²) in [5.74, 6) is 0.833. The molecule has 0 spiro atoms. The molecule has 0 saturated heterocycles. The third-order valence-electron chi connectivity index (χ3n) is 3.98. The first-order valence-corrected chi connectivity index (χ1v) is 7.49. The number of ether oxygens (including phenoxy) is 1. The Morgan fingerprint density at radius 1 is 1.29 bits per heavy atom. The molecule has 21 heavy (non-hydrogen) atoms. The van der Waals surface area contributed by atoms with Gasteiger partial charge in [-0.3, -0.25) is 0 Å². The second-order valence-corrected chi connectivity index (χ2v) is 5.60. The Hall–Kier alpha value is -1.75. The monoisotopic (exact) mass is 292 g/mol. The quantitative estimate of drug-likeness (QED) is 0.749. The van der Waals surface area contributed by atoms with E-state index < -0.39 is 5.60 Å². The summed E-state index contributed by atoms with van der Waals surface area (Å²) in [6.45, 7) is 0.859. The molecule has 0 radical (unpaired) electrons. The van der Waals surface area contributed by atoms with Crippen LogP contribution in [0.3, 0.4) is 0 Å². The number of nitrogens with one attached hydrogen (secondary N) is 2. The third-order valence-corrected chi connectivity index (χ3v) is 3.98. The van der Waals surface area contributed by atoms with Gasteiger partial charge >= 0.3 is 6.03 Å². The molecule has 1 saturated carbocycles. The smallest absolute Gasteiger partial charge is 0.314 e. The van der Waals surface area contributed by atoms with Gasteiger partial charge in [-0.1, -0.05) is 31.0 Å². The first-order valence-electron chi connectivity index (χ1n) is 7.49. The molecule has 0 bridgehead atoms. The van der Waals surface area contributed by atoms with Crippen LogP contribution in [0, 0.1) is 0 Å². The minimum Gasteiger partial charge on any atom is -0.496 e. The average Bonchev–Trinajstić information content (AvgIpc) is 2.93. The van der Waals surface area contributed by atoms with E-state index in [1.54, 1.807) is 7.11 Å². The van der Waals surface area contributed by atoms with Gasteiger partial charge < -0.3 is 20.5 Å². The number of hydrogen-bond acceptors (Lipinski definition) is 3. The molecule has 0 unspecified atom stereocenters. The van der Waals surface area contributed by atoms with Gasteiger partial charge in [0, 0.05) is 13.1 Å². The van der Waals surface area contributed by atoms with E-state index in [1.807, 2.05) is 24.3 Å². The van der Waals surface area contributed by atoms with Crippen LogP contribution < -0.4 is 15.4 Å². The number of benzene rings is 1. The van der Waals surface area contributed by atoms with Crippen molar-refractivity contribution in [1.82, 2.24) is 10.6 Å². The molecule has 0 aliphatic heterocycles. The van der Waals surface area contributed by atoms with Gasteiger partial charge in [0.1, 0.15) is 5.75 Å². The Balaban J connectivity index is 1.69. The van der Waals surface area contributed by atoms with E-state index in [0.29, 0.717) is 19.5 Å². The molecule has 0 atom stereocenters. The summed E-state index contributed by atoms with van der Waals surface area (Å²) in [4.78, 5) is 11.7. The predicted octanol–water partition coefficient (Wildman–Crippen LogP) is 1.84. The highest BCUT2D eigenvalue weighted by Crippen LogP contribution is 2.28. The molecule has 1 aromatic rings. The highest BCUT2D eigenvalue weighted by atomic mass is 16.5. The third kappa shape index (κ3) is 4.63. The first kappa shape index (κ1) is 15.6. The van der Waals surface area contributed by atoms with Crippen LogP contribution in [0.5, 0.6) is 5.75 Å². The Kier molecular flexibility index (Phi) is 5.44. The number of aliphatic hydroxyl groups is 1. The van der Waals surface area contributed by atoms with Crippen molar-refractivity contribution in [2.45, 2.75) is 37.7 Å². The number of amides is 2. The number of urea groups is 1. The van der Waals surface area contributed by atoms with Crippen LogP contribution in [0.1, 0.15) is 31.2 Å².